The molecule has 130 valence electrons. The lowest BCUT2D eigenvalue weighted by Crippen LogP contribution is -2.52. The molecule has 6 nitrogen and oxygen atoms in total. The van der Waals surface area contributed by atoms with E-state index in [1.807, 2.05) is 0 Å². The van der Waals surface area contributed by atoms with Gasteiger partial charge >= 0.3 is 0 Å². The van der Waals surface area contributed by atoms with Crippen molar-refractivity contribution in [3.05, 3.63) is 23.8 Å². The van der Waals surface area contributed by atoms with E-state index in [9.17, 15) is 9.90 Å². The average molecular weight is 345 g/mol. The number of halogens is 1. The van der Waals surface area contributed by atoms with Gasteiger partial charge in [-0.2, -0.15) is 0 Å². The Morgan fingerprint density at radius 3 is 2.26 bits per heavy atom. The highest BCUT2D eigenvalue weighted by atomic mass is 35.5. The van der Waals surface area contributed by atoms with E-state index in [0.29, 0.717) is 29.9 Å². The molecular weight excluding hydrogens is 320 g/mol. The van der Waals surface area contributed by atoms with Crippen LogP contribution in [0.2, 0.25) is 0 Å². The van der Waals surface area contributed by atoms with Crippen LogP contribution in [0.4, 0.5) is 0 Å². The van der Waals surface area contributed by atoms with E-state index in [2.05, 4.69) is 5.32 Å². The number of aliphatic hydroxyl groups excluding tert-OH is 1. The Morgan fingerprint density at radius 2 is 1.78 bits per heavy atom. The number of aliphatic hydroxyl groups is 1. The lowest BCUT2D eigenvalue weighted by molar-refractivity contribution is -0.126. The van der Waals surface area contributed by atoms with Crippen molar-refractivity contribution in [1.82, 2.24) is 5.32 Å². The molecule has 23 heavy (non-hydrogen) atoms. The molecule has 4 N–H and O–H groups in total. The highest BCUT2D eigenvalue weighted by molar-refractivity contribution is 5.86. The normalized spacial score (nSPS) is 17.0. The van der Waals surface area contributed by atoms with Crippen molar-refractivity contribution in [3.63, 3.8) is 0 Å². The molecule has 0 spiro atoms. The predicted molar refractivity (Wildman–Crippen MR) is 90.1 cm³/mol. The minimum atomic E-state index is -0.849. The monoisotopic (exact) mass is 344 g/mol. The lowest BCUT2D eigenvalue weighted by atomic mass is 9.98. The van der Waals surface area contributed by atoms with Crippen molar-refractivity contribution in [3.8, 4) is 11.5 Å². The van der Waals surface area contributed by atoms with E-state index in [1.54, 1.807) is 32.4 Å². The topological polar surface area (TPSA) is 93.8 Å². The maximum Gasteiger partial charge on any atom is 0.240 e. The van der Waals surface area contributed by atoms with E-state index in [4.69, 9.17) is 15.2 Å². The molecule has 1 aromatic carbocycles. The summed E-state index contributed by atoms with van der Waals surface area (Å²) in [5.41, 5.74) is 5.92. The third kappa shape index (κ3) is 4.73. The summed E-state index contributed by atoms with van der Waals surface area (Å²) >= 11 is 0. The highest BCUT2D eigenvalue weighted by Gasteiger charge is 2.36. The quantitative estimate of drug-likeness (QED) is 0.728. The number of nitrogens with two attached hydrogens (primary N) is 1. The smallest absolute Gasteiger partial charge is 0.240 e. The van der Waals surface area contributed by atoms with Crippen molar-refractivity contribution >= 4 is 18.3 Å². The summed E-state index contributed by atoms with van der Waals surface area (Å²) in [4.78, 5) is 12.2. The van der Waals surface area contributed by atoms with Crippen molar-refractivity contribution in [2.45, 2.75) is 37.3 Å². The Labute approximate surface area is 142 Å². The fourth-order valence-electron chi connectivity index (χ4n) is 2.74. The number of benzene rings is 1. The number of hydrogen-bond acceptors (Lipinski definition) is 5. The summed E-state index contributed by atoms with van der Waals surface area (Å²) in [7, 11) is 3.09. The van der Waals surface area contributed by atoms with Crippen LogP contribution < -0.4 is 20.5 Å². The third-order valence-electron chi connectivity index (χ3n) is 4.16. The van der Waals surface area contributed by atoms with Gasteiger partial charge in [0, 0.05) is 12.6 Å². The zero-order valence-electron chi connectivity index (χ0n) is 13.5. The van der Waals surface area contributed by atoms with E-state index >= 15 is 0 Å². The summed E-state index contributed by atoms with van der Waals surface area (Å²) in [6.45, 7) is 0.105. The van der Waals surface area contributed by atoms with Gasteiger partial charge in [0.15, 0.2) is 0 Å². The number of rotatable bonds is 6. The predicted octanol–water partition coefficient (Wildman–Crippen LogP) is 1.55. The average Bonchev–Trinajstić information content (AvgIpc) is 2.99. The first-order chi connectivity index (χ1) is 10.5. The van der Waals surface area contributed by atoms with E-state index in [1.165, 1.54) is 0 Å². The summed E-state index contributed by atoms with van der Waals surface area (Å²) in [5, 5.41) is 13.0. The lowest BCUT2D eigenvalue weighted by Gasteiger charge is -2.23. The van der Waals surface area contributed by atoms with Gasteiger partial charge in [0.05, 0.1) is 25.9 Å². The number of carbonyl (C=O) groups excluding carboxylic acids is 1. The van der Waals surface area contributed by atoms with Crippen molar-refractivity contribution < 1.29 is 19.4 Å². The van der Waals surface area contributed by atoms with Gasteiger partial charge in [0.2, 0.25) is 5.91 Å². The van der Waals surface area contributed by atoms with Crippen LogP contribution in [-0.4, -0.2) is 37.3 Å². The number of hydrogen-bond donors (Lipinski definition) is 3. The summed E-state index contributed by atoms with van der Waals surface area (Å²) in [5.74, 6) is 0.982. The molecule has 1 fully saturated rings. The molecule has 0 radical (unpaired) electrons. The van der Waals surface area contributed by atoms with Gasteiger partial charge in [-0.3, -0.25) is 4.79 Å². The van der Waals surface area contributed by atoms with Crippen LogP contribution in [0.3, 0.4) is 0 Å². The molecule has 0 aromatic heterocycles. The molecule has 1 amide bonds. The van der Waals surface area contributed by atoms with Crippen molar-refractivity contribution in [1.29, 1.82) is 0 Å². The SMILES string of the molecule is COc1cc(OC)cc(C(O)CNC(=O)C2(N)CCCC2)c1.Cl. The van der Waals surface area contributed by atoms with Crippen LogP contribution >= 0.6 is 12.4 Å². The van der Waals surface area contributed by atoms with Gasteiger partial charge in [-0.1, -0.05) is 12.8 Å². The van der Waals surface area contributed by atoms with Gasteiger partial charge in [-0.15, -0.1) is 12.4 Å². The zero-order chi connectivity index (χ0) is 16.2. The number of methoxy groups -OCH3 is 2. The molecule has 1 unspecified atom stereocenters. The van der Waals surface area contributed by atoms with E-state index < -0.39 is 11.6 Å². The van der Waals surface area contributed by atoms with Crippen LogP contribution in [-0.2, 0) is 4.79 Å². The largest absolute Gasteiger partial charge is 0.497 e. The fraction of sp³-hybridized carbons (Fsp3) is 0.562. The molecule has 1 aliphatic rings. The molecule has 0 saturated heterocycles. The second-order valence-electron chi connectivity index (χ2n) is 5.74. The molecular formula is C16H25ClN2O4. The Balaban J connectivity index is 0.00000264. The molecule has 7 heteroatoms. The highest BCUT2D eigenvalue weighted by Crippen LogP contribution is 2.28. The van der Waals surface area contributed by atoms with Gasteiger partial charge in [0.1, 0.15) is 11.5 Å². The Bertz CT molecular complexity index is 511. The molecule has 0 aliphatic heterocycles. The molecule has 1 aromatic rings. The standard InChI is InChI=1S/C16H24N2O4.ClH/c1-21-12-7-11(8-13(9-12)22-2)14(19)10-18-15(20)16(17)5-3-4-6-16;/h7-9,14,19H,3-6,10,17H2,1-2H3,(H,18,20);1H. The second kappa shape index (κ2) is 8.38. The number of nitrogens with one attached hydrogen (secondary N) is 1. The third-order valence-corrected chi connectivity index (χ3v) is 4.16. The number of amides is 1. The van der Waals surface area contributed by atoms with Crippen LogP contribution in [0.5, 0.6) is 11.5 Å². The van der Waals surface area contributed by atoms with Crippen molar-refractivity contribution in [2.75, 3.05) is 20.8 Å². The van der Waals surface area contributed by atoms with Gasteiger partial charge < -0.3 is 25.6 Å². The van der Waals surface area contributed by atoms with Crippen LogP contribution in [0, 0.1) is 0 Å². The number of carbonyl (C=O) groups is 1. The molecule has 0 bridgehead atoms. The Morgan fingerprint density at radius 1 is 1.26 bits per heavy atom. The maximum absolute atomic E-state index is 12.2. The number of ether oxygens (including phenoxy) is 2. The van der Waals surface area contributed by atoms with Gasteiger partial charge in [-0.05, 0) is 30.5 Å². The summed E-state index contributed by atoms with van der Waals surface area (Å²) in [6.07, 6.45) is 2.49. The van der Waals surface area contributed by atoms with Gasteiger partial charge in [0.25, 0.3) is 0 Å². The summed E-state index contributed by atoms with van der Waals surface area (Å²) in [6, 6.07) is 5.16. The molecule has 1 saturated carbocycles. The first-order valence-corrected chi connectivity index (χ1v) is 7.47. The van der Waals surface area contributed by atoms with Crippen LogP contribution in [0.1, 0.15) is 37.4 Å². The first-order valence-electron chi connectivity index (χ1n) is 7.47. The first kappa shape index (κ1) is 19.5. The second-order valence-corrected chi connectivity index (χ2v) is 5.74. The Kier molecular flexibility index (Phi) is 7.12. The summed E-state index contributed by atoms with van der Waals surface area (Å²) < 4.78 is 10.3. The van der Waals surface area contributed by atoms with E-state index in [0.717, 1.165) is 12.8 Å². The molecule has 0 heterocycles. The van der Waals surface area contributed by atoms with E-state index in [-0.39, 0.29) is 24.9 Å². The molecule has 1 aliphatic carbocycles. The van der Waals surface area contributed by atoms with Crippen molar-refractivity contribution in [2.24, 2.45) is 5.73 Å². The van der Waals surface area contributed by atoms with Gasteiger partial charge in [-0.25, -0.2) is 0 Å². The minimum absolute atomic E-state index is 0. The zero-order valence-corrected chi connectivity index (χ0v) is 14.3. The molecule has 1 atom stereocenters. The minimum Gasteiger partial charge on any atom is -0.497 e. The maximum atomic E-state index is 12.2. The van der Waals surface area contributed by atoms with Crippen LogP contribution in [0.25, 0.3) is 0 Å². The van der Waals surface area contributed by atoms with Crippen LogP contribution in [0.15, 0.2) is 18.2 Å². The molecule has 2 rings (SSSR count). The Hall–Kier alpha value is -1.50. The fourth-order valence-corrected chi connectivity index (χ4v) is 2.74.